The molecule has 1 aliphatic rings. The second-order valence-electron chi connectivity index (χ2n) is 5.91. The van der Waals surface area contributed by atoms with Gasteiger partial charge in [-0.05, 0) is 30.3 Å². The lowest BCUT2D eigenvalue weighted by Gasteiger charge is -2.29. The first-order valence-electron chi connectivity index (χ1n) is 8.02. The van der Waals surface area contributed by atoms with Gasteiger partial charge in [0.25, 0.3) is 5.91 Å². The molecule has 9 heteroatoms. The second kappa shape index (κ2) is 6.64. The number of fused-ring (bicyclic) bond motifs is 1. The summed E-state index contributed by atoms with van der Waals surface area (Å²) in [5.41, 5.74) is 2.49. The fourth-order valence-electron chi connectivity index (χ4n) is 2.85. The lowest BCUT2D eigenvalue weighted by molar-refractivity contribution is -0.120. The van der Waals surface area contributed by atoms with Crippen LogP contribution >= 0.6 is 11.6 Å². The number of anilines is 2. The van der Waals surface area contributed by atoms with E-state index in [0.29, 0.717) is 35.0 Å². The molecule has 0 radical (unpaired) electrons. The van der Waals surface area contributed by atoms with Crippen molar-refractivity contribution in [1.29, 1.82) is 0 Å². The van der Waals surface area contributed by atoms with E-state index in [0.717, 1.165) is 5.69 Å². The summed E-state index contributed by atoms with van der Waals surface area (Å²) in [5.74, 6) is -0.296. The molecule has 2 N–H and O–H groups in total. The second-order valence-corrected chi connectivity index (χ2v) is 6.31. The maximum absolute atomic E-state index is 12.4. The Hall–Kier alpha value is -3.13. The average Bonchev–Trinajstić information content (AvgIpc) is 3.09. The summed E-state index contributed by atoms with van der Waals surface area (Å²) in [5, 5.41) is 13.8. The Morgan fingerprint density at radius 1 is 1.27 bits per heavy atom. The third-order valence-electron chi connectivity index (χ3n) is 4.14. The normalized spacial score (nSPS) is 14.3. The highest BCUT2D eigenvalue weighted by Gasteiger charge is 2.19. The summed E-state index contributed by atoms with van der Waals surface area (Å²) in [6, 6.07) is 8.65. The van der Waals surface area contributed by atoms with Crippen LogP contribution in [0.4, 0.5) is 11.4 Å². The molecule has 0 saturated carbocycles. The summed E-state index contributed by atoms with van der Waals surface area (Å²) >= 11 is 6.36. The van der Waals surface area contributed by atoms with Crippen molar-refractivity contribution in [3.63, 3.8) is 0 Å². The molecule has 3 aromatic rings. The minimum atomic E-state index is -0.262. The topological polar surface area (TPSA) is 91.6 Å². The Morgan fingerprint density at radius 2 is 2.15 bits per heavy atom. The van der Waals surface area contributed by atoms with Crippen LogP contribution in [0.2, 0.25) is 5.02 Å². The van der Waals surface area contributed by atoms with E-state index in [1.807, 2.05) is 4.90 Å². The molecular weight excluding hydrogens is 356 g/mol. The van der Waals surface area contributed by atoms with Crippen LogP contribution in [0.5, 0.6) is 0 Å². The summed E-state index contributed by atoms with van der Waals surface area (Å²) in [6.45, 7) is 1.54. The monoisotopic (exact) mass is 370 g/mol. The lowest BCUT2D eigenvalue weighted by atomic mass is 10.2. The van der Waals surface area contributed by atoms with E-state index < -0.39 is 0 Å². The Balaban J connectivity index is 1.51. The predicted octanol–water partition coefficient (Wildman–Crippen LogP) is 1.57. The zero-order valence-electron chi connectivity index (χ0n) is 13.6. The van der Waals surface area contributed by atoms with Gasteiger partial charge in [0.15, 0.2) is 5.65 Å². The molecule has 4 rings (SSSR count). The van der Waals surface area contributed by atoms with E-state index in [2.05, 4.69) is 20.8 Å². The van der Waals surface area contributed by atoms with Crippen LogP contribution in [0.15, 0.2) is 42.9 Å². The summed E-state index contributed by atoms with van der Waals surface area (Å²) in [7, 11) is 0. The summed E-state index contributed by atoms with van der Waals surface area (Å²) in [4.78, 5) is 25.9. The van der Waals surface area contributed by atoms with Gasteiger partial charge in [-0.1, -0.05) is 11.6 Å². The van der Waals surface area contributed by atoms with Crippen LogP contribution in [0.25, 0.3) is 5.65 Å². The third kappa shape index (κ3) is 3.18. The number of piperazine rings is 1. The number of hydrogen-bond acceptors (Lipinski definition) is 5. The van der Waals surface area contributed by atoms with Crippen molar-refractivity contribution in [3.8, 4) is 0 Å². The third-order valence-corrected chi connectivity index (χ3v) is 4.44. The standard InChI is InChI=1S/C17H15ClN6O2/c18-13-7-12(2-3-14(13)23-6-5-19-16(25)9-23)21-17(26)11-1-4-15-22-20-10-24(15)8-11/h1-4,7-8,10H,5-6,9H2,(H,19,25)(H,21,26). The molecule has 3 heterocycles. The highest BCUT2D eigenvalue weighted by atomic mass is 35.5. The maximum Gasteiger partial charge on any atom is 0.257 e. The van der Waals surface area contributed by atoms with Gasteiger partial charge in [-0.3, -0.25) is 14.0 Å². The molecular formula is C17H15ClN6O2. The van der Waals surface area contributed by atoms with Crippen LogP contribution in [-0.2, 0) is 4.79 Å². The Morgan fingerprint density at radius 3 is 2.96 bits per heavy atom. The van der Waals surface area contributed by atoms with Crippen molar-refractivity contribution in [2.24, 2.45) is 0 Å². The number of hydrogen-bond donors (Lipinski definition) is 2. The maximum atomic E-state index is 12.4. The van der Waals surface area contributed by atoms with E-state index >= 15 is 0 Å². The highest BCUT2D eigenvalue weighted by Crippen LogP contribution is 2.29. The molecule has 2 amide bonds. The Kier molecular flexibility index (Phi) is 4.18. The van der Waals surface area contributed by atoms with Gasteiger partial charge >= 0.3 is 0 Å². The SMILES string of the molecule is O=C1CN(c2ccc(NC(=O)c3ccc4nncn4c3)cc2Cl)CCN1. The highest BCUT2D eigenvalue weighted by molar-refractivity contribution is 6.33. The largest absolute Gasteiger partial charge is 0.359 e. The van der Waals surface area contributed by atoms with Gasteiger partial charge in [0.05, 0.1) is 22.8 Å². The number of benzene rings is 1. The van der Waals surface area contributed by atoms with Gasteiger partial charge in [0.2, 0.25) is 5.91 Å². The van der Waals surface area contributed by atoms with E-state index in [9.17, 15) is 9.59 Å². The van der Waals surface area contributed by atoms with Crippen LogP contribution in [-0.4, -0.2) is 46.0 Å². The number of pyridine rings is 1. The number of nitrogens with one attached hydrogen (secondary N) is 2. The number of amides is 2. The van der Waals surface area contributed by atoms with Crippen molar-refractivity contribution < 1.29 is 9.59 Å². The number of halogens is 1. The molecule has 0 aliphatic carbocycles. The minimum absolute atomic E-state index is 0.0333. The lowest BCUT2D eigenvalue weighted by Crippen LogP contribution is -2.47. The zero-order chi connectivity index (χ0) is 18.1. The number of carbonyl (C=O) groups excluding carboxylic acids is 2. The number of carbonyl (C=O) groups is 2. The van der Waals surface area contributed by atoms with Crippen molar-refractivity contribution in [2.45, 2.75) is 0 Å². The van der Waals surface area contributed by atoms with Crippen molar-refractivity contribution >= 4 is 40.4 Å². The first-order chi connectivity index (χ1) is 12.6. The van der Waals surface area contributed by atoms with Gasteiger partial charge in [0.1, 0.15) is 6.33 Å². The first-order valence-corrected chi connectivity index (χ1v) is 8.40. The van der Waals surface area contributed by atoms with Crippen molar-refractivity contribution in [3.05, 3.63) is 53.4 Å². The van der Waals surface area contributed by atoms with Crippen molar-refractivity contribution in [2.75, 3.05) is 29.9 Å². The number of aromatic nitrogens is 3. The minimum Gasteiger partial charge on any atom is -0.359 e. The quantitative estimate of drug-likeness (QED) is 0.730. The van der Waals surface area contributed by atoms with Gasteiger partial charge in [-0.15, -0.1) is 10.2 Å². The molecule has 1 aliphatic heterocycles. The smallest absolute Gasteiger partial charge is 0.257 e. The van der Waals surface area contributed by atoms with Gasteiger partial charge in [0, 0.05) is 25.0 Å². The van der Waals surface area contributed by atoms with E-state index in [4.69, 9.17) is 11.6 Å². The van der Waals surface area contributed by atoms with Gasteiger partial charge < -0.3 is 15.5 Å². The predicted molar refractivity (Wildman–Crippen MR) is 97.6 cm³/mol. The fourth-order valence-corrected chi connectivity index (χ4v) is 3.15. The van der Waals surface area contributed by atoms with Gasteiger partial charge in [-0.25, -0.2) is 0 Å². The Bertz CT molecular complexity index is 1000. The average molecular weight is 371 g/mol. The van der Waals surface area contributed by atoms with Crippen LogP contribution in [0, 0.1) is 0 Å². The molecule has 0 unspecified atom stereocenters. The van der Waals surface area contributed by atoms with E-state index in [1.54, 1.807) is 40.9 Å². The zero-order valence-corrected chi connectivity index (χ0v) is 14.4. The molecule has 8 nitrogen and oxygen atoms in total. The Labute approximate surface area is 153 Å². The van der Waals surface area contributed by atoms with Crippen LogP contribution in [0.1, 0.15) is 10.4 Å². The van der Waals surface area contributed by atoms with Crippen LogP contribution < -0.4 is 15.5 Å². The van der Waals surface area contributed by atoms with Crippen molar-refractivity contribution in [1.82, 2.24) is 19.9 Å². The van der Waals surface area contributed by atoms with E-state index in [-0.39, 0.29) is 18.4 Å². The molecule has 132 valence electrons. The van der Waals surface area contributed by atoms with Crippen LogP contribution in [0.3, 0.4) is 0 Å². The summed E-state index contributed by atoms with van der Waals surface area (Å²) < 4.78 is 1.67. The molecule has 0 atom stereocenters. The molecule has 0 bridgehead atoms. The fraction of sp³-hybridized carbons (Fsp3) is 0.176. The molecule has 2 aromatic heterocycles. The molecule has 26 heavy (non-hydrogen) atoms. The molecule has 1 fully saturated rings. The molecule has 1 saturated heterocycles. The van der Waals surface area contributed by atoms with E-state index in [1.165, 1.54) is 6.33 Å². The van der Waals surface area contributed by atoms with Gasteiger partial charge in [-0.2, -0.15) is 0 Å². The first kappa shape index (κ1) is 16.3. The molecule has 0 spiro atoms. The number of nitrogens with zero attached hydrogens (tertiary/aromatic N) is 4. The number of rotatable bonds is 3. The molecule has 1 aromatic carbocycles. The summed E-state index contributed by atoms with van der Waals surface area (Å²) in [6.07, 6.45) is 3.19.